The maximum absolute atomic E-state index is 5.93. The van der Waals surface area contributed by atoms with Gasteiger partial charge in [-0.3, -0.25) is 5.43 Å². The number of halogens is 2. The van der Waals surface area contributed by atoms with E-state index in [0.717, 1.165) is 5.56 Å². The molecule has 8 heteroatoms. The molecule has 0 unspecified atom stereocenters. The van der Waals surface area contributed by atoms with Crippen LogP contribution in [-0.2, 0) is 0 Å². The predicted molar refractivity (Wildman–Crippen MR) is 79.4 cm³/mol. The van der Waals surface area contributed by atoms with E-state index in [2.05, 4.69) is 30.5 Å². The average molecular weight is 307 g/mol. The van der Waals surface area contributed by atoms with E-state index in [1.807, 2.05) is 6.07 Å². The van der Waals surface area contributed by atoms with Crippen molar-refractivity contribution in [3.8, 4) is 0 Å². The molecule has 2 heterocycles. The van der Waals surface area contributed by atoms with E-state index in [-0.39, 0.29) is 0 Å². The second kappa shape index (κ2) is 5.44. The number of hydrogen-bond donors (Lipinski definition) is 2. The maximum Gasteiger partial charge on any atom is 0.182 e. The number of imidazole rings is 1. The van der Waals surface area contributed by atoms with Gasteiger partial charge in [-0.1, -0.05) is 29.3 Å². The minimum absolute atomic E-state index is 0.480. The number of rotatable bonds is 3. The van der Waals surface area contributed by atoms with E-state index in [1.54, 1.807) is 24.7 Å². The number of aromatic amines is 1. The molecule has 1 aromatic carbocycles. The lowest BCUT2D eigenvalue weighted by atomic mass is 10.2. The van der Waals surface area contributed by atoms with Crippen LogP contribution in [0, 0.1) is 0 Å². The van der Waals surface area contributed by atoms with Crippen LogP contribution in [0.2, 0.25) is 10.0 Å². The Labute approximate surface area is 123 Å². The van der Waals surface area contributed by atoms with E-state index in [9.17, 15) is 0 Å². The Morgan fingerprint density at radius 2 is 2.05 bits per heavy atom. The summed E-state index contributed by atoms with van der Waals surface area (Å²) in [6.07, 6.45) is 4.58. The van der Waals surface area contributed by atoms with Crippen LogP contribution in [0.5, 0.6) is 0 Å². The molecule has 0 atom stereocenters. The third-order valence-electron chi connectivity index (χ3n) is 2.55. The highest BCUT2D eigenvalue weighted by molar-refractivity contribution is 6.42. The first-order valence-corrected chi connectivity index (χ1v) is 6.38. The van der Waals surface area contributed by atoms with Gasteiger partial charge >= 0.3 is 0 Å². The molecule has 0 aliphatic heterocycles. The maximum atomic E-state index is 5.93. The standard InChI is InChI=1S/C12H8Cl2N6/c13-8-2-1-7(3-9(8)14)4-19-20-12-10-11(16-5-15-10)17-6-18-12/h1-6H,(H2,15,16,17,18,20)/b19-4+. The summed E-state index contributed by atoms with van der Waals surface area (Å²) < 4.78 is 0. The number of nitrogens with one attached hydrogen (secondary N) is 2. The summed E-state index contributed by atoms with van der Waals surface area (Å²) in [6.45, 7) is 0. The van der Waals surface area contributed by atoms with E-state index < -0.39 is 0 Å². The Balaban J connectivity index is 1.80. The molecule has 6 nitrogen and oxygen atoms in total. The Bertz CT molecular complexity index is 782. The van der Waals surface area contributed by atoms with Crippen LogP contribution < -0.4 is 5.43 Å². The van der Waals surface area contributed by atoms with Crippen molar-refractivity contribution in [2.45, 2.75) is 0 Å². The topological polar surface area (TPSA) is 78.8 Å². The molecule has 3 rings (SSSR count). The van der Waals surface area contributed by atoms with Gasteiger partial charge in [-0.25, -0.2) is 15.0 Å². The fraction of sp³-hybridized carbons (Fsp3) is 0. The van der Waals surface area contributed by atoms with Crippen LogP contribution in [0.3, 0.4) is 0 Å². The monoisotopic (exact) mass is 306 g/mol. The normalized spacial score (nSPS) is 11.3. The molecule has 0 saturated heterocycles. The minimum atomic E-state index is 0.480. The molecule has 0 amide bonds. The first-order chi connectivity index (χ1) is 9.74. The highest BCUT2D eigenvalue weighted by atomic mass is 35.5. The molecule has 0 aliphatic rings. The molecule has 0 aliphatic carbocycles. The molecule has 20 heavy (non-hydrogen) atoms. The zero-order valence-electron chi connectivity index (χ0n) is 10.0. The van der Waals surface area contributed by atoms with Gasteiger partial charge in [0.05, 0.1) is 22.6 Å². The molecule has 2 N–H and O–H groups in total. The summed E-state index contributed by atoms with van der Waals surface area (Å²) in [7, 11) is 0. The van der Waals surface area contributed by atoms with Gasteiger partial charge in [0, 0.05) is 0 Å². The van der Waals surface area contributed by atoms with Gasteiger partial charge in [0.2, 0.25) is 0 Å². The summed E-state index contributed by atoms with van der Waals surface area (Å²) in [6, 6.07) is 5.25. The molecule has 3 aromatic rings. The molecule has 0 spiro atoms. The van der Waals surface area contributed by atoms with Crippen molar-refractivity contribution in [2.75, 3.05) is 5.43 Å². The van der Waals surface area contributed by atoms with E-state index in [0.29, 0.717) is 27.0 Å². The number of fused-ring (bicyclic) bond motifs is 1. The zero-order valence-corrected chi connectivity index (χ0v) is 11.5. The van der Waals surface area contributed by atoms with Crippen LogP contribution >= 0.6 is 23.2 Å². The molecule has 0 saturated carbocycles. The number of anilines is 1. The van der Waals surface area contributed by atoms with Crippen LogP contribution in [0.15, 0.2) is 36.0 Å². The SMILES string of the molecule is Clc1ccc(/C=N/Nc2ncnc3nc[nH]c23)cc1Cl. The molecule has 2 aromatic heterocycles. The Hall–Kier alpha value is -2.18. The Morgan fingerprint density at radius 1 is 1.15 bits per heavy atom. The van der Waals surface area contributed by atoms with Gasteiger partial charge in [-0.2, -0.15) is 5.10 Å². The van der Waals surface area contributed by atoms with Crippen molar-refractivity contribution in [3.05, 3.63) is 46.5 Å². The predicted octanol–water partition coefficient (Wildman–Crippen LogP) is 3.11. The second-order valence-electron chi connectivity index (χ2n) is 3.87. The largest absolute Gasteiger partial charge is 0.340 e. The van der Waals surface area contributed by atoms with Crippen LogP contribution in [0.4, 0.5) is 5.82 Å². The highest BCUT2D eigenvalue weighted by Gasteiger charge is 2.03. The van der Waals surface area contributed by atoms with Crippen molar-refractivity contribution in [1.29, 1.82) is 0 Å². The quantitative estimate of drug-likeness (QED) is 0.575. The lowest BCUT2D eigenvalue weighted by Gasteiger charge is -2.00. The van der Waals surface area contributed by atoms with Gasteiger partial charge in [-0.15, -0.1) is 0 Å². The number of nitrogens with zero attached hydrogens (tertiary/aromatic N) is 4. The average Bonchev–Trinajstić information content (AvgIpc) is 2.92. The molecular weight excluding hydrogens is 299 g/mol. The summed E-state index contributed by atoms with van der Waals surface area (Å²) in [5.41, 5.74) is 4.92. The van der Waals surface area contributed by atoms with Gasteiger partial charge in [0.15, 0.2) is 11.5 Å². The summed E-state index contributed by atoms with van der Waals surface area (Å²) in [4.78, 5) is 15.1. The van der Waals surface area contributed by atoms with Crippen molar-refractivity contribution in [3.63, 3.8) is 0 Å². The number of benzene rings is 1. The minimum Gasteiger partial charge on any atom is -0.340 e. The molecule has 0 bridgehead atoms. The molecular formula is C12H8Cl2N6. The number of aromatic nitrogens is 4. The van der Waals surface area contributed by atoms with Crippen molar-refractivity contribution in [2.24, 2.45) is 5.10 Å². The van der Waals surface area contributed by atoms with Gasteiger partial charge in [0.1, 0.15) is 11.8 Å². The summed E-state index contributed by atoms with van der Waals surface area (Å²) >= 11 is 11.8. The fourth-order valence-electron chi connectivity index (χ4n) is 1.61. The Morgan fingerprint density at radius 3 is 2.90 bits per heavy atom. The molecule has 0 fully saturated rings. The van der Waals surface area contributed by atoms with Crippen LogP contribution in [0.1, 0.15) is 5.56 Å². The first-order valence-electron chi connectivity index (χ1n) is 5.62. The van der Waals surface area contributed by atoms with Crippen molar-refractivity contribution in [1.82, 2.24) is 19.9 Å². The number of hydrazone groups is 1. The van der Waals surface area contributed by atoms with Gasteiger partial charge in [-0.05, 0) is 17.7 Å². The smallest absolute Gasteiger partial charge is 0.182 e. The van der Waals surface area contributed by atoms with E-state index in [4.69, 9.17) is 23.2 Å². The fourth-order valence-corrected chi connectivity index (χ4v) is 1.92. The third kappa shape index (κ3) is 2.56. The van der Waals surface area contributed by atoms with E-state index >= 15 is 0 Å². The van der Waals surface area contributed by atoms with Crippen LogP contribution in [-0.4, -0.2) is 26.2 Å². The number of hydrogen-bond acceptors (Lipinski definition) is 5. The van der Waals surface area contributed by atoms with Crippen LogP contribution in [0.25, 0.3) is 11.2 Å². The highest BCUT2D eigenvalue weighted by Crippen LogP contribution is 2.21. The lowest BCUT2D eigenvalue weighted by molar-refractivity contribution is 1.17. The summed E-state index contributed by atoms with van der Waals surface area (Å²) in [5.74, 6) is 0.545. The van der Waals surface area contributed by atoms with Crippen molar-refractivity contribution < 1.29 is 0 Å². The second-order valence-corrected chi connectivity index (χ2v) is 4.68. The summed E-state index contributed by atoms with van der Waals surface area (Å²) in [5, 5.41) is 5.08. The number of H-pyrrole nitrogens is 1. The molecule has 100 valence electrons. The van der Waals surface area contributed by atoms with E-state index in [1.165, 1.54) is 6.33 Å². The first kappa shape index (κ1) is 12.8. The third-order valence-corrected chi connectivity index (χ3v) is 3.29. The zero-order chi connectivity index (χ0) is 13.9. The Kier molecular flexibility index (Phi) is 3.49. The molecule has 0 radical (unpaired) electrons. The van der Waals surface area contributed by atoms with Gasteiger partial charge < -0.3 is 4.98 Å². The lowest BCUT2D eigenvalue weighted by Crippen LogP contribution is -1.95. The van der Waals surface area contributed by atoms with Crippen molar-refractivity contribution >= 4 is 46.4 Å². The van der Waals surface area contributed by atoms with Gasteiger partial charge in [0.25, 0.3) is 0 Å².